The fraction of sp³-hybridized carbons (Fsp3) is 0.333. The number of halogens is 2. The summed E-state index contributed by atoms with van der Waals surface area (Å²) >= 11 is 5.78. The van der Waals surface area contributed by atoms with Crippen molar-refractivity contribution in [1.82, 2.24) is 10.2 Å². The van der Waals surface area contributed by atoms with Gasteiger partial charge in [0.2, 0.25) is 11.8 Å². The Morgan fingerprint density at radius 3 is 2.53 bits per heavy atom. The highest BCUT2D eigenvalue weighted by Crippen LogP contribution is 2.22. The number of nitrogens with one attached hydrogen (secondary N) is 2. The van der Waals surface area contributed by atoms with Crippen LogP contribution in [0, 0.1) is 5.82 Å². The normalized spacial score (nSPS) is 10.4. The minimum Gasteiger partial charge on any atom is -0.358 e. The zero-order valence-corrected chi connectivity index (χ0v) is 11.4. The highest BCUT2D eigenvalue weighted by atomic mass is 35.5. The lowest BCUT2D eigenvalue weighted by atomic mass is 10.3. The molecular formula is C12H15ClFN3O2. The Balaban J connectivity index is 2.53. The number of benzene rings is 1. The van der Waals surface area contributed by atoms with Gasteiger partial charge in [-0.2, -0.15) is 0 Å². The predicted octanol–water partition coefficient (Wildman–Crippen LogP) is 1.10. The third-order valence-electron chi connectivity index (χ3n) is 2.31. The molecule has 0 atom stereocenters. The van der Waals surface area contributed by atoms with Gasteiger partial charge in [0, 0.05) is 7.05 Å². The number of hydrogen-bond donors (Lipinski definition) is 2. The molecule has 0 radical (unpaired) electrons. The second kappa shape index (κ2) is 7.06. The second-order valence-corrected chi connectivity index (χ2v) is 4.43. The molecule has 0 aliphatic rings. The van der Waals surface area contributed by atoms with Gasteiger partial charge in [0.15, 0.2) is 0 Å². The van der Waals surface area contributed by atoms with Gasteiger partial charge in [-0.3, -0.25) is 14.5 Å². The van der Waals surface area contributed by atoms with Crippen LogP contribution in [-0.4, -0.2) is 43.9 Å². The van der Waals surface area contributed by atoms with Crippen molar-refractivity contribution in [2.24, 2.45) is 0 Å². The number of nitrogens with zero attached hydrogens (tertiary/aromatic N) is 1. The Kier molecular flexibility index (Phi) is 5.72. The van der Waals surface area contributed by atoms with Crippen molar-refractivity contribution in [3.63, 3.8) is 0 Å². The van der Waals surface area contributed by atoms with Crippen molar-refractivity contribution in [2.75, 3.05) is 32.5 Å². The number of carbonyl (C=O) groups excluding carboxylic acids is 2. The number of hydrogen-bond acceptors (Lipinski definition) is 3. The number of likely N-dealkylation sites (N-methyl/N-ethyl adjacent to an activating group) is 2. The maximum absolute atomic E-state index is 12.8. The van der Waals surface area contributed by atoms with Crippen LogP contribution >= 0.6 is 11.6 Å². The van der Waals surface area contributed by atoms with E-state index >= 15 is 0 Å². The molecule has 2 amide bonds. The molecule has 0 aromatic heterocycles. The molecule has 5 nitrogen and oxygen atoms in total. The first-order chi connectivity index (χ1) is 8.92. The summed E-state index contributed by atoms with van der Waals surface area (Å²) in [4.78, 5) is 24.3. The van der Waals surface area contributed by atoms with Crippen LogP contribution < -0.4 is 10.6 Å². The number of anilines is 1. The topological polar surface area (TPSA) is 61.4 Å². The first-order valence-electron chi connectivity index (χ1n) is 5.56. The van der Waals surface area contributed by atoms with Gasteiger partial charge in [0.25, 0.3) is 0 Å². The smallest absolute Gasteiger partial charge is 0.238 e. The SMILES string of the molecule is CNC(=O)CN(C)CC(=O)Nc1ccc(F)cc1Cl. The lowest BCUT2D eigenvalue weighted by Gasteiger charge is -2.15. The van der Waals surface area contributed by atoms with Crippen LogP contribution in [-0.2, 0) is 9.59 Å². The summed E-state index contributed by atoms with van der Waals surface area (Å²) in [6.45, 7) is 0.141. The monoisotopic (exact) mass is 287 g/mol. The van der Waals surface area contributed by atoms with E-state index in [2.05, 4.69) is 10.6 Å². The van der Waals surface area contributed by atoms with E-state index < -0.39 is 5.82 Å². The molecule has 0 unspecified atom stereocenters. The summed E-state index contributed by atoms with van der Waals surface area (Å²) < 4.78 is 12.8. The largest absolute Gasteiger partial charge is 0.358 e. The van der Waals surface area contributed by atoms with Crippen LogP contribution in [0.25, 0.3) is 0 Å². The third-order valence-corrected chi connectivity index (χ3v) is 2.62. The van der Waals surface area contributed by atoms with Crippen LogP contribution in [0.1, 0.15) is 0 Å². The molecule has 7 heteroatoms. The molecule has 0 aliphatic carbocycles. The highest BCUT2D eigenvalue weighted by molar-refractivity contribution is 6.33. The van der Waals surface area contributed by atoms with Gasteiger partial charge in [-0.25, -0.2) is 4.39 Å². The standard InChI is InChI=1S/C12H15ClFN3O2/c1-15-11(18)6-17(2)7-12(19)16-10-4-3-8(14)5-9(10)13/h3-5H,6-7H2,1-2H3,(H,15,18)(H,16,19). The molecule has 1 aromatic rings. The van der Waals surface area contributed by atoms with Gasteiger partial charge in [0.05, 0.1) is 23.8 Å². The zero-order chi connectivity index (χ0) is 14.4. The fourth-order valence-corrected chi connectivity index (χ4v) is 1.62. The van der Waals surface area contributed by atoms with Crippen molar-refractivity contribution < 1.29 is 14.0 Å². The van der Waals surface area contributed by atoms with Crippen molar-refractivity contribution in [3.05, 3.63) is 29.0 Å². The lowest BCUT2D eigenvalue weighted by Crippen LogP contribution is -2.37. The summed E-state index contributed by atoms with van der Waals surface area (Å²) in [5, 5.41) is 5.13. The first kappa shape index (κ1) is 15.4. The summed E-state index contributed by atoms with van der Waals surface area (Å²) in [7, 11) is 3.16. The molecule has 0 bridgehead atoms. The van der Waals surface area contributed by atoms with Gasteiger partial charge >= 0.3 is 0 Å². The summed E-state index contributed by atoms with van der Waals surface area (Å²) in [5.41, 5.74) is 0.335. The Morgan fingerprint density at radius 2 is 1.95 bits per heavy atom. The minimum absolute atomic E-state index is 0.0289. The number of amides is 2. The van der Waals surface area contributed by atoms with Gasteiger partial charge in [0.1, 0.15) is 5.82 Å². The Morgan fingerprint density at radius 1 is 1.32 bits per heavy atom. The van der Waals surface area contributed by atoms with E-state index in [1.807, 2.05) is 0 Å². The molecule has 1 rings (SSSR count). The Bertz CT molecular complexity index is 482. The summed E-state index contributed by atoms with van der Waals surface area (Å²) in [5.74, 6) is -0.991. The molecule has 0 fully saturated rings. The lowest BCUT2D eigenvalue weighted by molar-refractivity contribution is -0.122. The van der Waals surface area contributed by atoms with Crippen molar-refractivity contribution in [3.8, 4) is 0 Å². The van der Waals surface area contributed by atoms with Crippen LogP contribution in [0.2, 0.25) is 5.02 Å². The molecule has 0 heterocycles. The summed E-state index contributed by atoms with van der Waals surface area (Å²) in [6, 6.07) is 3.70. The molecule has 104 valence electrons. The van der Waals surface area contributed by atoms with E-state index in [1.54, 1.807) is 11.9 Å². The quantitative estimate of drug-likeness (QED) is 0.852. The van der Waals surface area contributed by atoms with E-state index in [4.69, 9.17) is 11.6 Å². The van der Waals surface area contributed by atoms with E-state index in [9.17, 15) is 14.0 Å². The van der Waals surface area contributed by atoms with Gasteiger partial charge < -0.3 is 10.6 Å². The number of rotatable bonds is 5. The molecule has 0 saturated heterocycles. The van der Waals surface area contributed by atoms with Gasteiger partial charge in [-0.1, -0.05) is 11.6 Å². The van der Waals surface area contributed by atoms with Crippen LogP contribution in [0.3, 0.4) is 0 Å². The average molecular weight is 288 g/mol. The molecule has 1 aromatic carbocycles. The Hall–Kier alpha value is -1.66. The van der Waals surface area contributed by atoms with Gasteiger partial charge in [-0.05, 0) is 25.2 Å². The molecule has 2 N–H and O–H groups in total. The van der Waals surface area contributed by atoms with Crippen molar-refractivity contribution in [2.45, 2.75) is 0 Å². The predicted molar refractivity (Wildman–Crippen MR) is 71.6 cm³/mol. The van der Waals surface area contributed by atoms with E-state index in [-0.39, 0.29) is 29.9 Å². The fourth-order valence-electron chi connectivity index (χ4n) is 1.41. The van der Waals surface area contributed by atoms with E-state index in [0.29, 0.717) is 5.69 Å². The van der Waals surface area contributed by atoms with E-state index in [1.165, 1.54) is 19.2 Å². The number of carbonyl (C=O) groups is 2. The van der Waals surface area contributed by atoms with Crippen LogP contribution in [0.4, 0.5) is 10.1 Å². The molecule has 0 saturated carbocycles. The molecular weight excluding hydrogens is 273 g/mol. The average Bonchev–Trinajstić information content (AvgIpc) is 2.32. The molecule has 0 aliphatic heterocycles. The first-order valence-corrected chi connectivity index (χ1v) is 5.94. The maximum atomic E-state index is 12.8. The third kappa shape index (κ3) is 5.23. The van der Waals surface area contributed by atoms with E-state index in [0.717, 1.165) is 6.07 Å². The highest BCUT2D eigenvalue weighted by Gasteiger charge is 2.11. The summed E-state index contributed by atoms with van der Waals surface area (Å²) in [6.07, 6.45) is 0. The van der Waals surface area contributed by atoms with Crippen molar-refractivity contribution in [1.29, 1.82) is 0 Å². The molecule has 0 spiro atoms. The van der Waals surface area contributed by atoms with Gasteiger partial charge in [-0.15, -0.1) is 0 Å². The Labute approximate surface area is 115 Å². The minimum atomic E-state index is -0.472. The maximum Gasteiger partial charge on any atom is 0.238 e. The molecule has 19 heavy (non-hydrogen) atoms. The van der Waals surface area contributed by atoms with Crippen LogP contribution in [0.15, 0.2) is 18.2 Å². The second-order valence-electron chi connectivity index (χ2n) is 4.02. The zero-order valence-electron chi connectivity index (χ0n) is 10.7. The van der Waals surface area contributed by atoms with Crippen molar-refractivity contribution >= 4 is 29.1 Å². The van der Waals surface area contributed by atoms with Crippen LogP contribution in [0.5, 0.6) is 0 Å².